The minimum Gasteiger partial charge on any atom is -0.497 e. The number of amides is 1. The quantitative estimate of drug-likeness (QED) is 0.897. The van der Waals surface area contributed by atoms with E-state index in [0.29, 0.717) is 17.5 Å². The van der Waals surface area contributed by atoms with Crippen molar-refractivity contribution in [2.24, 2.45) is 0 Å². The molecular formula is C17H20N2O4S. The summed E-state index contributed by atoms with van der Waals surface area (Å²) in [7, 11) is 3.22. The maximum absolute atomic E-state index is 12.4. The standard InChI is InChI=1S/C17H20N2O4S/c1-17(7-4-8-23-17)15(20)19-16-18-13(10-24-16)12-9-11(21-2)5-6-14(12)22-3/h5-6,9-10H,4,7-8H2,1-3H3,(H,18,19,20). The number of hydrogen-bond donors (Lipinski definition) is 1. The lowest BCUT2D eigenvalue weighted by atomic mass is 10.0. The average Bonchev–Trinajstić information content (AvgIpc) is 3.24. The molecule has 3 rings (SSSR count). The van der Waals surface area contributed by atoms with Gasteiger partial charge in [-0.05, 0) is 38.0 Å². The van der Waals surface area contributed by atoms with Crippen LogP contribution in [0.15, 0.2) is 23.6 Å². The summed E-state index contributed by atoms with van der Waals surface area (Å²) in [6.07, 6.45) is 1.62. The molecule has 1 aromatic heterocycles. The van der Waals surface area contributed by atoms with E-state index in [4.69, 9.17) is 14.2 Å². The van der Waals surface area contributed by atoms with Crippen molar-refractivity contribution in [3.05, 3.63) is 23.6 Å². The van der Waals surface area contributed by atoms with Crippen LogP contribution in [0.5, 0.6) is 11.5 Å². The van der Waals surface area contributed by atoms with Crippen LogP contribution >= 0.6 is 11.3 Å². The molecule has 0 aliphatic carbocycles. The van der Waals surface area contributed by atoms with Crippen molar-refractivity contribution in [2.45, 2.75) is 25.4 Å². The number of nitrogens with one attached hydrogen (secondary N) is 1. The highest BCUT2D eigenvalue weighted by Gasteiger charge is 2.38. The lowest BCUT2D eigenvalue weighted by Gasteiger charge is -2.20. The van der Waals surface area contributed by atoms with E-state index in [-0.39, 0.29) is 5.91 Å². The number of benzene rings is 1. The summed E-state index contributed by atoms with van der Waals surface area (Å²) >= 11 is 1.37. The van der Waals surface area contributed by atoms with Crippen LogP contribution in [0.3, 0.4) is 0 Å². The molecule has 1 amide bonds. The van der Waals surface area contributed by atoms with Crippen molar-refractivity contribution in [2.75, 3.05) is 26.1 Å². The van der Waals surface area contributed by atoms with Gasteiger partial charge in [-0.15, -0.1) is 11.3 Å². The number of nitrogens with zero attached hydrogens (tertiary/aromatic N) is 1. The van der Waals surface area contributed by atoms with Gasteiger partial charge in [-0.1, -0.05) is 0 Å². The van der Waals surface area contributed by atoms with Crippen LogP contribution in [-0.2, 0) is 9.53 Å². The highest BCUT2D eigenvalue weighted by atomic mass is 32.1. The van der Waals surface area contributed by atoms with Gasteiger partial charge >= 0.3 is 0 Å². The lowest BCUT2D eigenvalue weighted by Crippen LogP contribution is -2.39. The lowest BCUT2D eigenvalue weighted by molar-refractivity contribution is -0.133. The smallest absolute Gasteiger partial charge is 0.258 e. The Labute approximate surface area is 144 Å². The monoisotopic (exact) mass is 348 g/mol. The van der Waals surface area contributed by atoms with Gasteiger partial charge in [-0.25, -0.2) is 4.98 Å². The predicted molar refractivity (Wildman–Crippen MR) is 92.9 cm³/mol. The molecule has 6 nitrogen and oxygen atoms in total. The zero-order valence-corrected chi connectivity index (χ0v) is 14.7. The van der Waals surface area contributed by atoms with E-state index >= 15 is 0 Å². The molecule has 0 radical (unpaired) electrons. The van der Waals surface area contributed by atoms with Crippen LogP contribution in [0, 0.1) is 0 Å². The predicted octanol–water partition coefficient (Wildman–Crippen LogP) is 3.33. The topological polar surface area (TPSA) is 69.7 Å². The molecule has 1 aliphatic heterocycles. The number of ether oxygens (including phenoxy) is 3. The van der Waals surface area contributed by atoms with Gasteiger partial charge in [0.15, 0.2) is 5.13 Å². The fourth-order valence-electron chi connectivity index (χ4n) is 2.66. The third-order valence-corrected chi connectivity index (χ3v) is 4.86. The van der Waals surface area contributed by atoms with Gasteiger partial charge in [0.05, 0.1) is 19.9 Å². The van der Waals surface area contributed by atoms with E-state index in [0.717, 1.165) is 29.8 Å². The average molecular weight is 348 g/mol. The Morgan fingerprint density at radius 1 is 1.38 bits per heavy atom. The van der Waals surface area contributed by atoms with Crippen LogP contribution in [0.4, 0.5) is 5.13 Å². The van der Waals surface area contributed by atoms with Crippen molar-refractivity contribution >= 4 is 22.4 Å². The molecular weight excluding hydrogens is 328 g/mol. The van der Waals surface area contributed by atoms with E-state index in [9.17, 15) is 4.79 Å². The van der Waals surface area contributed by atoms with Gasteiger partial charge in [0, 0.05) is 17.6 Å². The fourth-order valence-corrected chi connectivity index (χ4v) is 3.36. The third kappa shape index (κ3) is 3.22. The second-order valence-corrected chi connectivity index (χ2v) is 6.60. The molecule has 24 heavy (non-hydrogen) atoms. The summed E-state index contributed by atoms with van der Waals surface area (Å²) in [5, 5.41) is 5.27. The fraction of sp³-hybridized carbons (Fsp3) is 0.412. The molecule has 2 heterocycles. The number of rotatable bonds is 5. The van der Waals surface area contributed by atoms with E-state index in [1.807, 2.05) is 30.5 Å². The molecule has 7 heteroatoms. The molecule has 1 aliphatic rings. The Kier molecular flexibility index (Phi) is 4.73. The number of carbonyl (C=O) groups excluding carboxylic acids is 1. The van der Waals surface area contributed by atoms with Crippen molar-refractivity contribution in [1.29, 1.82) is 0 Å². The Balaban J connectivity index is 1.82. The number of anilines is 1. The summed E-state index contributed by atoms with van der Waals surface area (Å²) in [6, 6.07) is 5.52. The molecule has 2 aromatic rings. The van der Waals surface area contributed by atoms with Crippen LogP contribution in [0.2, 0.25) is 0 Å². The first-order valence-electron chi connectivity index (χ1n) is 7.69. The van der Waals surface area contributed by atoms with Crippen LogP contribution in [0.1, 0.15) is 19.8 Å². The normalized spacial score (nSPS) is 20.0. The molecule has 1 unspecified atom stereocenters. The summed E-state index contributed by atoms with van der Waals surface area (Å²) in [4.78, 5) is 16.9. The van der Waals surface area contributed by atoms with Gasteiger partial charge in [0.25, 0.3) is 5.91 Å². The minimum absolute atomic E-state index is 0.154. The zero-order valence-electron chi connectivity index (χ0n) is 13.9. The Bertz CT molecular complexity index is 738. The highest BCUT2D eigenvalue weighted by molar-refractivity contribution is 7.14. The van der Waals surface area contributed by atoms with Crippen molar-refractivity contribution < 1.29 is 19.0 Å². The first kappa shape index (κ1) is 16.7. The number of methoxy groups -OCH3 is 2. The maximum atomic E-state index is 12.4. The summed E-state index contributed by atoms with van der Waals surface area (Å²) in [5.41, 5.74) is 0.778. The second kappa shape index (κ2) is 6.78. The summed E-state index contributed by atoms with van der Waals surface area (Å²) in [5.74, 6) is 1.26. The summed E-state index contributed by atoms with van der Waals surface area (Å²) < 4.78 is 16.2. The van der Waals surface area contributed by atoms with Crippen LogP contribution in [-0.4, -0.2) is 37.3 Å². The van der Waals surface area contributed by atoms with E-state index in [1.54, 1.807) is 14.2 Å². The molecule has 0 bridgehead atoms. The molecule has 1 atom stereocenters. The molecule has 1 saturated heterocycles. The van der Waals surface area contributed by atoms with E-state index < -0.39 is 5.60 Å². The molecule has 0 saturated carbocycles. The minimum atomic E-state index is -0.764. The maximum Gasteiger partial charge on any atom is 0.258 e. The van der Waals surface area contributed by atoms with Gasteiger partial charge in [0.1, 0.15) is 17.1 Å². The Morgan fingerprint density at radius 3 is 2.88 bits per heavy atom. The van der Waals surface area contributed by atoms with Gasteiger partial charge in [0.2, 0.25) is 0 Å². The summed E-state index contributed by atoms with van der Waals surface area (Å²) in [6.45, 7) is 2.43. The number of thiazole rings is 1. The van der Waals surface area contributed by atoms with Gasteiger partial charge in [-0.3, -0.25) is 10.1 Å². The largest absolute Gasteiger partial charge is 0.497 e. The van der Waals surface area contributed by atoms with Crippen molar-refractivity contribution in [3.8, 4) is 22.8 Å². The number of carbonyl (C=O) groups is 1. The molecule has 1 aromatic carbocycles. The highest BCUT2D eigenvalue weighted by Crippen LogP contribution is 2.35. The SMILES string of the molecule is COc1ccc(OC)c(-c2csc(NC(=O)C3(C)CCCO3)n2)c1. The zero-order chi connectivity index (χ0) is 17.2. The molecule has 1 fully saturated rings. The van der Waals surface area contributed by atoms with Gasteiger partial charge < -0.3 is 14.2 Å². The van der Waals surface area contributed by atoms with Crippen molar-refractivity contribution in [3.63, 3.8) is 0 Å². The Hall–Kier alpha value is -2.12. The van der Waals surface area contributed by atoms with Crippen LogP contribution < -0.4 is 14.8 Å². The number of aromatic nitrogens is 1. The van der Waals surface area contributed by atoms with Gasteiger partial charge in [-0.2, -0.15) is 0 Å². The third-order valence-electron chi connectivity index (χ3n) is 4.11. The van der Waals surface area contributed by atoms with Crippen molar-refractivity contribution in [1.82, 2.24) is 4.98 Å². The molecule has 128 valence electrons. The first-order chi connectivity index (χ1) is 11.6. The van der Waals surface area contributed by atoms with E-state index in [1.165, 1.54) is 11.3 Å². The molecule has 0 spiro atoms. The molecule has 1 N–H and O–H groups in total. The first-order valence-corrected chi connectivity index (χ1v) is 8.57. The Morgan fingerprint density at radius 2 is 2.21 bits per heavy atom. The second-order valence-electron chi connectivity index (χ2n) is 5.74. The van der Waals surface area contributed by atoms with Crippen LogP contribution in [0.25, 0.3) is 11.3 Å². The van der Waals surface area contributed by atoms with E-state index in [2.05, 4.69) is 10.3 Å². The number of hydrogen-bond acceptors (Lipinski definition) is 6.